The molecule has 0 aromatic heterocycles. The summed E-state index contributed by atoms with van der Waals surface area (Å²) in [7, 11) is 0. The first kappa shape index (κ1) is 15.9. The Morgan fingerprint density at radius 3 is 2.36 bits per heavy atom. The minimum absolute atomic E-state index is 0.0260. The Labute approximate surface area is 130 Å². The van der Waals surface area contributed by atoms with Crippen LogP contribution in [-0.4, -0.2) is 11.8 Å². The van der Waals surface area contributed by atoms with Crippen LogP contribution in [0.3, 0.4) is 0 Å². The molecule has 0 saturated carbocycles. The topological polar surface area (TPSA) is 58.2 Å². The zero-order valence-electron chi connectivity index (χ0n) is 11.4. The van der Waals surface area contributed by atoms with Crippen LogP contribution in [0.5, 0.6) is 0 Å². The maximum absolute atomic E-state index is 13.0. The number of nitrogens with one attached hydrogen (secondary N) is 2. The van der Waals surface area contributed by atoms with E-state index in [2.05, 4.69) is 10.6 Å². The fourth-order valence-corrected chi connectivity index (χ4v) is 1.86. The summed E-state index contributed by atoms with van der Waals surface area (Å²) in [6.07, 6.45) is 0. The summed E-state index contributed by atoms with van der Waals surface area (Å²) in [6.45, 7) is 1.69. The highest BCUT2D eigenvalue weighted by atomic mass is 35.5. The van der Waals surface area contributed by atoms with Gasteiger partial charge in [0.05, 0.1) is 0 Å². The zero-order chi connectivity index (χ0) is 16.3. The van der Waals surface area contributed by atoms with Crippen LogP contribution >= 0.6 is 11.6 Å². The smallest absolute Gasteiger partial charge is 0.314 e. The van der Waals surface area contributed by atoms with E-state index in [1.165, 1.54) is 0 Å². The van der Waals surface area contributed by atoms with Crippen molar-refractivity contribution < 1.29 is 18.4 Å². The lowest BCUT2D eigenvalue weighted by atomic mass is 10.2. The highest BCUT2D eigenvalue weighted by Gasteiger charge is 2.16. The molecule has 0 aliphatic rings. The molecule has 2 N–H and O–H groups in total. The molecule has 2 amide bonds. The molecule has 4 nitrogen and oxygen atoms in total. The lowest BCUT2D eigenvalue weighted by molar-refractivity contribution is -0.133. The number of hydrogen-bond donors (Lipinski definition) is 2. The average molecular weight is 325 g/mol. The highest BCUT2D eigenvalue weighted by Crippen LogP contribution is 2.23. The predicted molar refractivity (Wildman–Crippen MR) is 79.8 cm³/mol. The van der Waals surface area contributed by atoms with Crippen molar-refractivity contribution in [2.24, 2.45) is 0 Å². The summed E-state index contributed by atoms with van der Waals surface area (Å²) in [5, 5.41) is 5.01. The van der Waals surface area contributed by atoms with Gasteiger partial charge in [0.2, 0.25) is 0 Å². The van der Waals surface area contributed by atoms with Crippen LogP contribution in [0.15, 0.2) is 36.4 Å². The van der Waals surface area contributed by atoms with Gasteiger partial charge in [-0.25, -0.2) is 8.78 Å². The molecule has 2 aromatic carbocycles. The van der Waals surface area contributed by atoms with Gasteiger partial charge in [-0.15, -0.1) is 0 Å². The van der Waals surface area contributed by atoms with Crippen molar-refractivity contribution in [2.75, 3.05) is 10.6 Å². The van der Waals surface area contributed by atoms with Gasteiger partial charge in [0, 0.05) is 22.5 Å². The molecule has 114 valence electrons. The molecular weight excluding hydrogens is 314 g/mol. The van der Waals surface area contributed by atoms with E-state index in [1.807, 2.05) is 0 Å². The summed E-state index contributed by atoms with van der Waals surface area (Å²) in [5.41, 5.74) is 0.970. The minimum Gasteiger partial charge on any atom is -0.318 e. The lowest BCUT2D eigenvalue weighted by Crippen LogP contribution is -2.29. The molecular formula is C15H11ClF2N2O2. The van der Waals surface area contributed by atoms with Crippen molar-refractivity contribution in [2.45, 2.75) is 6.92 Å². The second-order valence-electron chi connectivity index (χ2n) is 4.45. The van der Waals surface area contributed by atoms with Gasteiger partial charge in [0.25, 0.3) is 0 Å². The molecule has 0 unspecified atom stereocenters. The zero-order valence-corrected chi connectivity index (χ0v) is 12.2. The van der Waals surface area contributed by atoms with Gasteiger partial charge in [0.1, 0.15) is 0 Å². The second-order valence-corrected chi connectivity index (χ2v) is 4.86. The lowest BCUT2D eigenvalue weighted by Gasteiger charge is -2.09. The molecule has 2 aromatic rings. The van der Waals surface area contributed by atoms with Crippen molar-refractivity contribution in [3.63, 3.8) is 0 Å². The molecule has 0 heterocycles. The Morgan fingerprint density at radius 2 is 1.68 bits per heavy atom. The molecule has 0 bridgehead atoms. The number of halogens is 3. The van der Waals surface area contributed by atoms with Gasteiger partial charge >= 0.3 is 11.8 Å². The predicted octanol–water partition coefficient (Wildman–Crippen LogP) is 3.50. The van der Waals surface area contributed by atoms with E-state index in [4.69, 9.17) is 11.6 Å². The standard InChI is InChI=1S/C15H11ClF2N2O2/c1-8-10(16)3-2-4-13(8)20-15(22)14(21)19-9-5-6-11(17)12(18)7-9/h2-7H,1H3,(H,19,21)(H,20,22). The van der Waals surface area contributed by atoms with E-state index in [-0.39, 0.29) is 5.69 Å². The van der Waals surface area contributed by atoms with Crippen LogP contribution in [0, 0.1) is 18.6 Å². The number of carbonyl (C=O) groups is 2. The number of hydrogen-bond acceptors (Lipinski definition) is 2. The van der Waals surface area contributed by atoms with Gasteiger partial charge in [-0.1, -0.05) is 17.7 Å². The van der Waals surface area contributed by atoms with Crippen molar-refractivity contribution in [1.82, 2.24) is 0 Å². The van der Waals surface area contributed by atoms with Crippen LogP contribution in [0.25, 0.3) is 0 Å². The number of benzene rings is 2. The molecule has 0 aliphatic heterocycles. The average Bonchev–Trinajstić information content (AvgIpc) is 2.47. The van der Waals surface area contributed by atoms with Crippen molar-refractivity contribution in [1.29, 1.82) is 0 Å². The molecule has 2 rings (SSSR count). The van der Waals surface area contributed by atoms with Crippen LogP contribution in [-0.2, 0) is 9.59 Å². The van der Waals surface area contributed by atoms with E-state index < -0.39 is 23.4 Å². The maximum atomic E-state index is 13.0. The molecule has 0 spiro atoms. The Kier molecular flexibility index (Phi) is 4.72. The first-order valence-corrected chi connectivity index (χ1v) is 6.59. The third-order valence-corrected chi connectivity index (χ3v) is 3.31. The molecule has 0 atom stereocenters. The fraction of sp³-hybridized carbons (Fsp3) is 0.0667. The van der Waals surface area contributed by atoms with Crippen LogP contribution in [0.2, 0.25) is 5.02 Å². The molecule has 0 radical (unpaired) electrons. The Hall–Kier alpha value is -2.47. The van der Waals surface area contributed by atoms with Crippen molar-refractivity contribution in [3.8, 4) is 0 Å². The number of anilines is 2. The summed E-state index contributed by atoms with van der Waals surface area (Å²) in [5.74, 6) is -4.12. The molecule has 22 heavy (non-hydrogen) atoms. The van der Waals surface area contributed by atoms with E-state index in [1.54, 1.807) is 25.1 Å². The Morgan fingerprint density at radius 1 is 1.00 bits per heavy atom. The first-order chi connectivity index (χ1) is 10.4. The van der Waals surface area contributed by atoms with Crippen LogP contribution < -0.4 is 10.6 Å². The van der Waals surface area contributed by atoms with Gasteiger partial charge in [0.15, 0.2) is 11.6 Å². The van der Waals surface area contributed by atoms with Gasteiger partial charge in [-0.3, -0.25) is 9.59 Å². The summed E-state index contributed by atoms with van der Waals surface area (Å²) in [4.78, 5) is 23.5. The monoisotopic (exact) mass is 324 g/mol. The Bertz CT molecular complexity index is 750. The van der Waals surface area contributed by atoms with Crippen LogP contribution in [0.1, 0.15) is 5.56 Å². The molecule has 7 heteroatoms. The second kappa shape index (κ2) is 6.53. The van der Waals surface area contributed by atoms with E-state index in [9.17, 15) is 18.4 Å². The Balaban J connectivity index is 2.07. The van der Waals surface area contributed by atoms with Gasteiger partial charge in [-0.05, 0) is 36.8 Å². The molecule has 0 aliphatic carbocycles. The van der Waals surface area contributed by atoms with Gasteiger partial charge < -0.3 is 10.6 Å². The normalized spacial score (nSPS) is 10.2. The third-order valence-electron chi connectivity index (χ3n) is 2.90. The SMILES string of the molecule is Cc1c(Cl)cccc1NC(=O)C(=O)Nc1ccc(F)c(F)c1. The molecule has 0 fully saturated rings. The van der Waals surface area contributed by atoms with Crippen molar-refractivity contribution in [3.05, 3.63) is 58.6 Å². The third kappa shape index (κ3) is 3.59. The number of amides is 2. The maximum Gasteiger partial charge on any atom is 0.314 e. The number of rotatable bonds is 2. The highest BCUT2D eigenvalue weighted by molar-refractivity contribution is 6.44. The fourth-order valence-electron chi connectivity index (χ4n) is 1.68. The van der Waals surface area contributed by atoms with Crippen molar-refractivity contribution >= 4 is 34.8 Å². The minimum atomic E-state index is -1.12. The first-order valence-electron chi connectivity index (χ1n) is 6.21. The summed E-state index contributed by atoms with van der Waals surface area (Å²) >= 11 is 5.91. The van der Waals surface area contributed by atoms with E-state index >= 15 is 0 Å². The van der Waals surface area contributed by atoms with E-state index in [0.717, 1.165) is 18.2 Å². The van der Waals surface area contributed by atoms with Crippen LogP contribution in [0.4, 0.5) is 20.2 Å². The molecule has 0 saturated heterocycles. The number of carbonyl (C=O) groups excluding carboxylic acids is 2. The summed E-state index contributed by atoms with van der Waals surface area (Å²) in [6, 6.07) is 7.64. The quantitative estimate of drug-likeness (QED) is 0.831. The van der Waals surface area contributed by atoms with E-state index in [0.29, 0.717) is 16.3 Å². The largest absolute Gasteiger partial charge is 0.318 e. The van der Waals surface area contributed by atoms with Gasteiger partial charge in [-0.2, -0.15) is 0 Å². The summed E-state index contributed by atoms with van der Waals surface area (Å²) < 4.78 is 25.8.